The van der Waals surface area contributed by atoms with Gasteiger partial charge in [-0.15, -0.1) is 0 Å². The Kier molecular flexibility index (Phi) is 5.52. The normalized spacial score (nSPS) is 12.2. The quantitative estimate of drug-likeness (QED) is 0.477. The van der Waals surface area contributed by atoms with E-state index in [-0.39, 0.29) is 5.82 Å². The number of hydrogen-bond acceptors (Lipinski definition) is 5. The predicted molar refractivity (Wildman–Crippen MR) is 116 cm³/mol. The molecule has 2 heterocycles. The van der Waals surface area contributed by atoms with E-state index >= 15 is 0 Å². The number of nitrogens with zero attached hydrogens (tertiary/aromatic N) is 3. The van der Waals surface area contributed by atoms with E-state index in [1.165, 1.54) is 13.2 Å². The largest absolute Gasteiger partial charge is 0.465 e. The monoisotopic (exact) mass is 419 g/mol. The average Bonchev–Trinajstić information content (AvgIpc) is 3.18. The third kappa shape index (κ3) is 3.80. The number of esters is 1. The highest BCUT2D eigenvalue weighted by atomic mass is 19.1. The van der Waals surface area contributed by atoms with E-state index in [0.29, 0.717) is 33.7 Å². The second-order valence-corrected chi connectivity index (χ2v) is 7.29. The van der Waals surface area contributed by atoms with Crippen LogP contribution >= 0.6 is 0 Å². The summed E-state index contributed by atoms with van der Waals surface area (Å²) in [5.74, 6) is -0.454. The number of methoxy groups -OCH3 is 1. The van der Waals surface area contributed by atoms with Gasteiger partial charge < -0.3 is 9.84 Å². The van der Waals surface area contributed by atoms with Gasteiger partial charge in [0, 0.05) is 40.7 Å². The Labute approximate surface area is 179 Å². The molecule has 7 heteroatoms. The van der Waals surface area contributed by atoms with E-state index < -0.39 is 12.1 Å². The van der Waals surface area contributed by atoms with Gasteiger partial charge in [-0.3, -0.25) is 4.57 Å². The summed E-state index contributed by atoms with van der Waals surface area (Å²) < 4.78 is 20.9. The number of aliphatic hydroxyl groups excluding tert-OH is 1. The molecule has 0 fully saturated rings. The number of fused-ring (bicyclic) bond motifs is 1. The lowest BCUT2D eigenvalue weighted by atomic mass is 10.0. The molecule has 0 spiro atoms. The molecule has 2 aromatic carbocycles. The molecular formula is C24H22FN3O3. The van der Waals surface area contributed by atoms with E-state index in [2.05, 4.69) is 9.97 Å². The molecule has 1 atom stereocenters. The summed E-state index contributed by atoms with van der Waals surface area (Å²) in [7, 11) is 1.32. The van der Waals surface area contributed by atoms with E-state index in [4.69, 9.17) is 4.74 Å². The molecule has 0 amide bonds. The van der Waals surface area contributed by atoms with Gasteiger partial charge in [0.2, 0.25) is 5.95 Å². The highest BCUT2D eigenvalue weighted by Crippen LogP contribution is 2.30. The number of aryl methyl sites for hydroxylation is 1. The molecule has 6 nitrogen and oxygen atoms in total. The van der Waals surface area contributed by atoms with Crippen molar-refractivity contribution in [1.29, 1.82) is 0 Å². The summed E-state index contributed by atoms with van der Waals surface area (Å²) >= 11 is 0. The van der Waals surface area contributed by atoms with Gasteiger partial charge in [0.05, 0.1) is 24.3 Å². The summed E-state index contributed by atoms with van der Waals surface area (Å²) in [6.07, 6.45) is 4.95. The zero-order chi connectivity index (χ0) is 22.1. The molecule has 0 saturated carbocycles. The topological polar surface area (TPSA) is 77.2 Å². The Hall–Kier alpha value is -3.58. The third-order valence-corrected chi connectivity index (χ3v) is 5.31. The molecule has 4 rings (SSSR count). The van der Waals surface area contributed by atoms with Crippen molar-refractivity contribution in [3.05, 3.63) is 77.5 Å². The van der Waals surface area contributed by atoms with Crippen LogP contribution in [0.25, 0.3) is 28.0 Å². The van der Waals surface area contributed by atoms with Crippen LogP contribution in [-0.2, 0) is 11.2 Å². The van der Waals surface area contributed by atoms with E-state index in [0.717, 1.165) is 17.4 Å². The number of halogens is 1. The lowest BCUT2D eigenvalue weighted by Gasteiger charge is -2.08. The Morgan fingerprint density at radius 3 is 2.58 bits per heavy atom. The molecule has 4 aromatic rings. The highest BCUT2D eigenvalue weighted by Gasteiger charge is 2.17. The zero-order valence-electron chi connectivity index (χ0n) is 17.5. The molecule has 158 valence electrons. The molecule has 31 heavy (non-hydrogen) atoms. The fraction of sp³-hybridized carbons (Fsp3) is 0.208. The maximum Gasteiger partial charge on any atom is 0.337 e. The fourth-order valence-corrected chi connectivity index (χ4v) is 3.59. The van der Waals surface area contributed by atoms with Crippen molar-refractivity contribution in [3.63, 3.8) is 0 Å². The van der Waals surface area contributed by atoms with Crippen molar-refractivity contribution in [1.82, 2.24) is 14.5 Å². The molecule has 0 bridgehead atoms. The minimum atomic E-state index is -0.724. The lowest BCUT2D eigenvalue weighted by Crippen LogP contribution is -2.03. The van der Waals surface area contributed by atoms with Gasteiger partial charge in [-0.25, -0.2) is 19.2 Å². The number of rotatable bonds is 5. The number of hydrogen-bond donors (Lipinski definition) is 1. The molecule has 0 saturated heterocycles. The first kappa shape index (κ1) is 20.7. The van der Waals surface area contributed by atoms with Crippen LogP contribution in [0.5, 0.6) is 0 Å². The van der Waals surface area contributed by atoms with Crippen LogP contribution in [0.3, 0.4) is 0 Å². The highest BCUT2D eigenvalue weighted by molar-refractivity contribution is 5.96. The summed E-state index contributed by atoms with van der Waals surface area (Å²) in [4.78, 5) is 20.8. The van der Waals surface area contributed by atoms with Gasteiger partial charge in [0.1, 0.15) is 5.82 Å². The Morgan fingerprint density at radius 2 is 1.94 bits per heavy atom. The third-order valence-electron chi connectivity index (χ3n) is 5.31. The second kappa shape index (κ2) is 8.28. The Bertz CT molecular complexity index is 1260. The standard InChI is InChI=1S/C24H22FN3O3/c1-4-15-5-8-21(25)19(9-15)17-11-26-24(27-12-17)28-13-20(14(2)29)18-7-6-16(10-22(18)28)23(30)31-3/h5-14,29H,4H2,1-3H3. The van der Waals surface area contributed by atoms with Crippen molar-refractivity contribution in [2.45, 2.75) is 26.4 Å². The van der Waals surface area contributed by atoms with Gasteiger partial charge in [0.15, 0.2) is 0 Å². The minimum absolute atomic E-state index is 0.334. The predicted octanol–water partition coefficient (Wildman–Crippen LogP) is 4.63. The number of aromatic nitrogens is 3. The van der Waals surface area contributed by atoms with Gasteiger partial charge >= 0.3 is 5.97 Å². The first-order chi connectivity index (χ1) is 14.9. The fourth-order valence-electron chi connectivity index (χ4n) is 3.59. The van der Waals surface area contributed by atoms with E-state index in [1.54, 1.807) is 60.4 Å². The van der Waals surface area contributed by atoms with Crippen LogP contribution in [0, 0.1) is 5.82 Å². The van der Waals surface area contributed by atoms with E-state index in [1.807, 2.05) is 6.92 Å². The Morgan fingerprint density at radius 1 is 1.19 bits per heavy atom. The molecule has 0 aliphatic rings. The number of benzene rings is 2. The lowest BCUT2D eigenvalue weighted by molar-refractivity contribution is 0.0601. The molecular weight excluding hydrogens is 397 g/mol. The van der Waals surface area contributed by atoms with Gasteiger partial charge in [-0.05, 0) is 43.2 Å². The number of carbonyl (C=O) groups is 1. The van der Waals surface area contributed by atoms with Crippen molar-refractivity contribution in [2.24, 2.45) is 0 Å². The minimum Gasteiger partial charge on any atom is -0.465 e. The Balaban J connectivity index is 1.82. The van der Waals surface area contributed by atoms with Gasteiger partial charge in [-0.1, -0.05) is 19.1 Å². The molecule has 0 aliphatic heterocycles. The number of aliphatic hydroxyl groups is 1. The zero-order valence-corrected chi connectivity index (χ0v) is 17.5. The second-order valence-electron chi connectivity index (χ2n) is 7.29. The SMILES string of the molecule is CCc1ccc(F)c(-c2cnc(-n3cc(C(C)O)c4ccc(C(=O)OC)cc43)nc2)c1. The summed E-state index contributed by atoms with van der Waals surface area (Å²) in [6.45, 7) is 3.68. The summed E-state index contributed by atoms with van der Waals surface area (Å²) in [5.41, 5.74) is 3.75. The van der Waals surface area contributed by atoms with E-state index in [9.17, 15) is 14.3 Å². The van der Waals surface area contributed by atoms with Crippen molar-refractivity contribution >= 4 is 16.9 Å². The summed E-state index contributed by atoms with van der Waals surface area (Å²) in [6, 6.07) is 10.1. The van der Waals surface area contributed by atoms with Gasteiger partial charge in [-0.2, -0.15) is 0 Å². The number of carbonyl (C=O) groups excluding carboxylic acids is 1. The number of ether oxygens (including phenoxy) is 1. The van der Waals surface area contributed by atoms with Crippen molar-refractivity contribution in [3.8, 4) is 17.1 Å². The maximum atomic E-state index is 14.3. The van der Waals surface area contributed by atoms with Crippen LogP contribution in [0.15, 0.2) is 55.0 Å². The van der Waals surface area contributed by atoms with Crippen molar-refractivity contribution in [2.75, 3.05) is 7.11 Å². The van der Waals surface area contributed by atoms with Crippen LogP contribution in [0.2, 0.25) is 0 Å². The van der Waals surface area contributed by atoms with Crippen LogP contribution in [-0.4, -0.2) is 32.7 Å². The average molecular weight is 419 g/mol. The van der Waals surface area contributed by atoms with Gasteiger partial charge in [0.25, 0.3) is 0 Å². The van der Waals surface area contributed by atoms with Crippen molar-refractivity contribution < 1.29 is 19.0 Å². The van der Waals surface area contributed by atoms with Crippen LogP contribution in [0.4, 0.5) is 4.39 Å². The first-order valence-corrected chi connectivity index (χ1v) is 9.95. The van der Waals surface area contributed by atoms with Crippen LogP contribution in [0.1, 0.15) is 41.4 Å². The summed E-state index contributed by atoms with van der Waals surface area (Å²) in [5, 5.41) is 11.0. The molecule has 2 aromatic heterocycles. The molecule has 0 radical (unpaired) electrons. The smallest absolute Gasteiger partial charge is 0.337 e. The molecule has 1 unspecified atom stereocenters. The molecule has 1 N–H and O–H groups in total. The molecule has 0 aliphatic carbocycles. The first-order valence-electron chi connectivity index (χ1n) is 9.95. The maximum absolute atomic E-state index is 14.3. The van der Waals surface area contributed by atoms with Crippen LogP contribution < -0.4 is 0 Å².